The molecular weight excluding hydrogens is 280 g/mol. The molecule has 1 aliphatic rings. The number of nitrogens with one attached hydrogen (secondary N) is 1. The first-order valence-electron chi connectivity index (χ1n) is 7.35. The third-order valence-electron chi connectivity index (χ3n) is 4.30. The van der Waals surface area contributed by atoms with Gasteiger partial charge < -0.3 is 16.2 Å². The molecule has 1 aliphatic heterocycles. The molecule has 5 heteroatoms. The molecule has 0 aliphatic carbocycles. The zero-order chi connectivity index (χ0) is 15.9. The topological polar surface area (TPSA) is 92.4 Å². The number of rotatable bonds is 4. The molecule has 114 valence electrons. The van der Waals surface area contributed by atoms with Crippen LogP contribution in [0.3, 0.4) is 0 Å². The maximum atomic E-state index is 12.7. The molecular formula is C17H18N2O3. The minimum Gasteiger partial charge on any atom is -0.480 e. The van der Waals surface area contributed by atoms with Crippen LogP contribution in [0.1, 0.15) is 24.8 Å². The lowest BCUT2D eigenvalue weighted by Gasteiger charge is -2.19. The summed E-state index contributed by atoms with van der Waals surface area (Å²) in [5.74, 6) is -2.02. The van der Waals surface area contributed by atoms with Crippen LogP contribution in [0.25, 0.3) is 10.8 Å². The Morgan fingerprint density at radius 2 is 2.00 bits per heavy atom. The van der Waals surface area contributed by atoms with Gasteiger partial charge in [-0.15, -0.1) is 0 Å². The smallest absolute Gasteiger partial charge is 0.327 e. The molecule has 2 aromatic carbocycles. The Balaban J connectivity index is 2.20. The first-order valence-corrected chi connectivity index (χ1v) is 7.35. The van der Waals surface area contributed by atoms with Crippen LogP contribution in [0.2, 0.25) is 0 Å². The number of ketones is 1. The Morgan fingerprint density at radius 3 is 2.68 bits per heavy atom. The van der Waals surface area contributed by atoms with Crippen LogP contribution in [0.15, 0.2) is 36.4 Å². The Bertz CT molecular complexity index is 757. The quantitative estimate of drug-likeness (QED) is 0.804. The maximum absolute atomic E-state index is 12.7. The molecule has 3 atom stereocenters. The highest BCUT2D eigenvalue weighted by Crippen LogP contribution is 2.42. The molecule has 4 N–H and O–H groups in total. The minimum atomic E-state index is -1.04. The van der Waals surface area contributed by atoms with Crippen LogP contribution in [-0.4, -0.2) is 28.9 Å². The predicted octanol–water partition coefficient (Wildman–Crippen LogP) is 2.11. The van der Waals surface area contributed by atoms with Gasteiger partial charge in [0, 0.05) is 5.69 Å². The normalized spacial score (nSPS) is 21.2. The molecule has 0 bridgehead atoms. The molecule has 1 unspecified atom stereocenters. The number of aliphatic carboxylic acids is 1. The van der Waals surface area contributed by atoms with E-state index in [1.165, 1.54) is 0 Å². The van der Waals surface area contributed by atoms with Crippen molar-refractivity contribution in [1.82, 2.24) is 0 Å². The van der Waals surface area contributed by atoms with Crippen molar-refractivity contribution in [2.75, 3.05) is 5.32 Å². The third-order valence-corrected chi connectivity index (χ3v) is 4.30. The first kappa shape index (κ1) is 14.5. The summed E-state index contributed by atoms with van der Waals surface area (Å²) in [5, 5.41) is 14.3. The van der Waals surface area contributed by atoms with Gasteiger partial charge in [-0.25, -0.2) is 4.79 Å². The minimum absolute atomic E-state index is 0.225. The van der Waals surface area contributed by atoms with E-state index in [1.54, 1.807) is 0 Å². The van der Waals surface area contributed by atoms with E-state index in [-0.39, 0.29) is 5.78 Å². The molecule has 0 radical (unpaired) electrons. The van der Waals surface area contributed by atoms with Gasteiger partial charge in [0.2, 0.25) is 0 Å². The molecule has 0 fully saturated rings. The summed E-state index contributed by atoms with van der Waals surface area (Å²) in [6.07, 6.45) is 0.488. The molecule has 1 heterocycles. The monoisotopic (exact) mass is 298 g/mol. The largest absolute Gasteiger partial charge is 0.480 e. The Morgan fingerprint density at radius 1 is 1.27 bits per heavy atom. The second-order valence-electron chi connectivity index (χ2n) is 5.60. The van der Waals surface area contributed by atoms with Gasteiger partial charge in [-0.05, 0) is 28.8 Å². The van der Waals surface area contributed by atoms with E-state index in [0.29, 0.717) is 12.1 Å². The standard InChI is InChI=1S/C17H18N2O3/c1-2-11(18)16(20)14-13-10-6-4-3-5-9(10)7-8-12(13)19-15(14)17(21)22/h3-8,11,14-15,19H,2,18H2,1H3,(H,21,22)/t11-,14?,15-/m0/s1. The van der Waals surface area contributed by atoms with Crippen molar-refractivity contribution in [1.29, 1.82) is 0 Å². The third kappa shape index (κ3) is 2.14. The van der Waals surface area contributed by atoms with Gasteiger partial charge in [-0.1, -0.05) is 37.3 Å². The number of carbonyl (C=O) groups is 2. The molecule has 0 spiro atoms. The van der Waals surface area contributed by atoms with Crippen molar-refractivity contribution in [2.45, 2.75) is 31.3 Å². The SMILES string of the molecule is CC[C@H](N)C(=O)C1c2c(ccc3ccccc23)N[C@@H]1C(=O)O. The molecule has 0 aromatic heterocycles. The number of nitrogens with two attached hydrogens (primary N) is 1. The van der Waals surface area contributed by atoms with Gasteiger partial charge in [-0.2, -0.15) is 0 Å². The summed E-state index contributed by atoms with van der Waals surface area (Å²) >= 11 is 0. The second-order valence-corrected chi connectivity index (χ2v) is 5.60. The van der Waals surface area contributed by atoms with Crippen molar-refractivity contribution in [3.8, 4) is 0 Å². The number of carboxylic acids is 1. The Labute approximate surface area is 128 Å². The van der Waals surface area contributed by atoms with E-state index in [9.17, 15) is 14.7 Å². The summed E-state index contributed by atoms with van der Waals surface area (Å²) in [4.78, 5) is 24.2. The van der Waals surface area contributed by atoms with E-state index < -0.39 is 24.0 Å². The number of anilines is 1. The fraction of sp³-hybridized carbons (Fsp3) is 0.294. The summed E-state index contributed by atoms with van der Waals surface area (Å²) in [6, 6.07) is 9.80. The van der Waals surface area contributed by atoms with Crippen LogP contribution in [0, 0.1) is 0 Å². The summed E-state index contributed by atoms with van der Waals surface area (Å²) in [6.45, 7) is 1.82. The first-order chi connectivity index (χ1) is 10.5. The number of fused-ring (bicyclic) bond motifs is 3. The molecule has 3 rings (SSSR count). The second kappa shape index (κ2) is 5.42. The number of hydrogen-bond donors (Lipinski definition) is 3. The molecule has 0 saturated carbocycles. The zero-order valence-electron chi connectivity index (χ0n) is 12.2. The van der Waals surface area contributed by atoms with Crippen molar-refractivity contribution in [3.63, 3.8) is 0 Å². The van der Waals surface area contributed by atoms with E-state index in [2.05, 4.69) is 5.32 Å². The van der Waals surface area contributed by atoms with Crippen LogP contribution >= 0.6 is 0 Å². The number of Topliss-reactive ketones (excluding diaryl/α,β-unsaturated/α-hetero) is 1. The lowest BCUT2D eigenvalue weighted by molar-refractivity contribution is -0.140. The van der Waals surface area contributed by atoms with Crippen molar-refractivity contribution >= 4 is 28.2 Å². The van der Waals surface area contributed by atoms with Gasteiger partial charge in [0.15, 0.2) is 5.78 Å². The Kier molecular flexibility index (Phi) is 3.58. The molecule has 5 nitrogen and oxygen atoms in total. The fourth-order valence-electron chi connectivity index (χ4n) is 3.12. The predicted molar refractivity (Wildman–Crippen MR) is 85.0 cm³/mol. The van der Waals surface area contributed by atoms with Crippen molar-refractivity contribution in [3.05, 3.63) is 42.0 Å². The van der Waals surface area contributed by atoms with Crippen LogP contribution in [0.5, 0.6) is 0 Å². The Hall–Kier alpha value is -2.40. The highest BCUT2D eigenvalue weighted by molar-refractivity contribution is 6.05. The van der Waals surface area contributed by atoms with E-state index in [0.717, 1.165) is 16.3 Å². The summed E-state index contributed by atoms with van der Waals surface area (Å²) in [7, 11) is 0. The molecule has 0 saturated heterocycles. The average Bonchev–Trinajstić information content (AvgIpc) is 2.93. The average molecular weight is 298 g/mol. The number of benzene rings is 2. The zero-order valence-corrected chi connectivity index (χ0v) is 12.2. The van der Waals surface area contributed by atoms with E-state index in [4.69, 9.17) is 5.73 Å². The summed E-state index contributed by atoms with van der Waals surface area (Å²) < 4.78 is 0. The maximum Gasteiger partial charge on any atom is 0.327 e. The van der Waals surface area contributed by atoms with Crippen LogP contribution in [0.4, 0.5) is 5.69 Å². The van der Waals surface area contributed by atoms with Crippen LogP contribution < -0.4 is 11.1 Å². The highest BCUT2D eigenvalue weighted by atomic mass is 16.4. The number of carbonyl (C=O) groups excluding carboxylic acids is 1. The highest BCUT2D eigenvalue weighted by Gasteiger charge is 2.43. The summed E-state index contributed by atoms with van der Waals surface area (Å²) in [5.41, 5.74) is 7.34. The lowest BCUT2D eigenvalue weighted by atomic mass is 9.84. The van der Waals surface area contributed by atoms with Gasteiger partial charge in [0.05, 0.1) is 12.0 Å². The van der Waals surface area contributed by atoms with Crippen LogP contribution in [-0.2, 0) is 9.59 Å². The van der Waals surface area contributed by atoms with Gasteiger partial charge in [-0.3, -0.25) is 4.79 Å². The van der Waals surface area contributed by atoms with Gasteiger partial charge in [0.1, 0.15) is 6.04 Å². The van der Waals surface area contributed by atoms with Gasteiger partial charge in [0.25, 0.3) is 0 Å². The lowest BCUT2D eigenvalue weighted by Crippen LogP contribution is -2.41. The molecule has 0 amide bonds. The van der Waals surface area contributed by atoms with E-state index >= 15 is 0 Å². The number of hydrogen-bond acceptors (Lipinski definition) is 4. The van der Waals surface area contributed by atoms with Gasteiger partial charge >= 0.3 is 5.97 Å². The van der Waals surface area contributed by atoms with E-state index in [1.807, 2.05) is 43.3 Å². The molecule has 22 heavy (non-hydrogen) atoms. The van der Waals surface area contributed by atoms with Crippen molar-refractivity contribution < 1.29 is 14.7 Å². The van der Waals surface area contributed by atoms with Crippen molar-refractivity contribution in [2.24, 2.45) is 5.73 Å². The molecule has 2 aromatic rings. The number of carboxylic acid groups (broad SMARTS) is 1. The fourth-order valence-corrected chi connectivity index (χ4v) is 3.12.